The van der Waals surface area contributed by atoms with Gasteiger partial charge in [0.05, 0.1) is 0 Å². The van der Waals surface area contributed by atoms with E-state index in [-0.39, 0.29) is 0 Å². The first-order valence-electron chi connectivity index (χ1n) is 6.17. The molecule has 1 heterocycles. The molecule has 0 amide bonds. The Hall–Kier alpha value is -2.39. The molecule has 0 fully saturated rings. The fourth-order valence-corrected chi connectivity index (χ4v) is 2.11. The topological polar surface area (TPSA) is 48.9 Å². The van der Waals surface area contributed by atoms with Crippen LogP contribution in [-0.2, 0) is 0 Å². The van der Waals surface area contributed by atoms with E-state index in [1.165, 1.54) is 0 Å². The smallest absolute Gasteiger partial charge is 0.137 e. The maximum atomic E-state index is 10.4. The molecule has 0 aliphatic heterocycles. The van der Waals surface area contributed by atoms with E-state index >= 15 is 0 Å². The predicted molar refractivity (Wildman–Crippen MR) is 74.5 cm³/mol. The number of aliphatic hydroxyl groups excluding tert-OH is 1. The van der Waals surface area contributed by atoms with Crippen LogP contribution in [0.2, 0.25) is 0 Å². The van der Waals surface area contributed by atoms with Crippen LogP contribution in [0.25, 0.3) is 11.4 Å². The molecule has 3 aromatic rings. The van der Waals surface area contributed by atoms with Gasteiger partial charge in [-0.15, -0.1) is 0 Å². The Balaban J connectivity index is 1.96. The molecule has 1 unspecified atom stereocenters. The number of nitrogens with zero attached hydrogens (tertiary/aromatic N) is 1. The first kappa shape index (κ1) is 11.7. The van der Waals surface area contributed by atoms with Crippen LogP contribution in [0.3, 0.4) is 0 Å². The van der Waals surface area contributed by atoms with Crippen molar-refractivity contribution in [3.63, 3.8) is 0 Å². The zero-order valence-electron chi connectivity index (χ0n) is 10.3. The average Bonchev–Trinajstić information content (AvgIpc) is 3.02. The number of H-pyrrole nitrogens is 1. The lowest BCUT2D eigenvalue weighted by Gasteiger charge is -2.12. The lowest BCUT2D eigenvalue weighted by molar-refractivity contribution is 0.220. The van der Waals surface area contributed by atoms with Crippen LogP contribution < -0.4 is 0 Å². The van der Waals surface area contributed by atoms with E-state index < -0.39 is 6.10 Å². The minimum atomic E-state index is -0.615. The number of hydrogen-bond acceptors (Lipinski definition) is 2. The zero-order chi connectivity index (χ0) is 13.1. The number of aromatic nitrogens is 2. The molecule has 3 heteroatoms. The van der Waals surface area contributed by atoms with E-state index in [2.05, 4.69) is 9.97 Å². The monoisotopic (exact) mass is 250 g/mol. The SMILES string of the molecule is OC(c1ccccc1)c1cccc(-c2ncc[nH]2)c1. The van der Waals surface area contributed by atoms with Gasteiger partial charge in [0.2, 0.25) is 0 Å². The Morgan fingerprint density at radius 1 is 0.947 bits per heavy atom. The lowest BCUT2D eigenvalue weighted by atomic mass is 10.00. The molecule has 1 aromatic heterocycles. The molecule has 19 heavy (non-hydrogen) atoms. The average molecular weight is 250 g/mol. The van der Waals surface area contributed by atoms with Gasteiger partial charge in [0, 0.05) is 18.0 Å². The number of rotatable bonds is 3. The first-order valence-corrected chi connectivity index (χ1v) is 6.17. The second kappa shape index (κ2) is 5.08. The summed E-state index contributed by atoms with van der Waals surface area (Å²) in [6, 6.07) is 17.4. The van der Waals surface area contributed by atoms with Gasteiger partial charge in [-0.3, -0.25) is 0 Å². The Bertz CT molecular complexity index is 648. The highest BCUT2D eigenvalue weighted by Crippen LogP contribution is 2.25. The summed E-state index contributed by atoms with van der Waals surface area (Å²) >= 11 is 0. The molecule has 3 rings (SSSR count). The molecule has 1 atom stereocenters. The number of hydrogen-bond donors (Lipinski definition) is 2. The molecule has 0 bridgehead atoms. The van der Waals surface area contributed by atoms with Crippen molar-refractivity contribution in [1.29, 1.82) is 0 Å². The summed E-state index contributed by atoms with van der Waals surface area (Å²) in [5.74, 6) is 0.808. The Kier molecular flexibility index (Phi) is 3.12. The molecule has 3 nitrogen and oxygen atoms in total. The molecule has 0 aliphatic rings. The minimum Gasteiger partial charge on any atom is -0.384 e. The third-order valence-electron chi connectivity index (χ3n) is 3.09. The lowest BCUT2D eigenvalue weighted by Crippen LogP contribution is -1.99. The van der Waals surface area contributed by atoms with E-state index in [0.29, 0.717) is 0 Å². The summed E-state index contributed by atoms with van der Waals surface area (Å²) in [4.78, 5) is 7.29. The summed E-state index contributed by atoms with van der Waals surface area (Å²) in [5, 5.41) is 10.4. The Labute approximate surface area is 111 Å². The quantitative estimate of drug-likeness (QED) is 0.750. The Morgan fingerprint density at radius 3 is 2.47 bits per heavy atom. The molecule has 0 saturated heterocycles. The maximum Gasteiger partial charge on any atom is 0.137 e. The van der Waals surface area contributed by atoms with Crippen molar-refractivity contribution >= 4 is 0 Å². The fourth-order valence-electron chi connectivity index (χ4n) is 2.11. The molecule has 0 aliphatic carbocycles. The summed E-state index contributed by atoms with van der Waals surface area (Å²) < 4.78 is 0. The van der Waals surface area contributed by atoms with Crippen molar-refractivity contribution in [1.82, 2.24) is 9.97 Å². The van der Waals surface area contributed by atoms with Gasteiger partial charge in [-0.05, 0) is 17.2 Å². The van der Waals surface area contributed by atoms with Crippen LogP contribution in [-0.4, -0.2) is 15.1 Å². The van der Waals surface area contributed by atoms with Gasteiger partial charge < -0.3 is 10.1 Å². The van der Waals surface area contributed by atoms with Gasteiger partial charge in [-0.2, -0.15) is 0 Å². The van der Waals surface area contributed by atoms with Crippen molar-refractivity contribution in [2.24, 2.45) is 0 Å². The van der Waals surface area contributed by atoms with Crippen molar-refractivity contribution in [2.45, 2.75) is 6.10 Å². The van der Waals surface area contributed by atoms with Gasteiger partial charge >= 0.3 is 0 Å². The largest absolute Gasteiger partial charge is 0.384 e. The second-order valence-corrected chi connectivity index (χ2v) is 4.38. The number of imidazole rings is 1. The van der Waals surface area contributed by atoms with Crippen LogP contribution in [0.1, 0.15) is 17.2 Å². The van der Waals surface area contributed by atoms with E-state index in [1.807, 2.05) is 54.6 Å². The van der Waals surface area contributed by atoms with Crippen LogP contribution in [0.15, 0.2) is 67.0 Å². The van der Waals surface area contributed by atoms with Crippen molar-refractivity contribution in [3.8, 4) is 11.4 Å². The normalized spacial score (nSPS) is 12.3. The molecule has 94 valence electrons. The van der Waals surface area contributed by atoms with Crippen molar-refractivity contribution < 1.29 is 5.11 Å². The number of aromatic amines is 1. The molecule has 0 saturated carbocycles. The minimum absolute atomic E-state index is 0.615. The van der Waals surface area contributed by atoms with Gasteiger partial charge in [-0.25, -0.2) is 4.98 Å². The van der Waals surface area contributed by atoms with Gasteiger partial charge in [-0.1, -0.05) is 48.5 Å². The van der Waals surface area contributed by atoms with E-state index in [9.17, 15) is 5.11 Å². The molecule has 2 aromatic carbocycles. The highest BCUT2D eigenvalue weighted by atomic mass is 16.3. The first-order chi connectivity index (χ1) is 9.34. The highest BCUT2D eigenvalue weighted by molar-refractivity contribution is 5.56. The zero-order valence-corrected chi connectivity index (χ0v) is 10.3. The van der Waals surface area contributed by atoms with Crippen LogP contribution in [0.5, 0.6) is 0 Å². The fraction of sp³-hybridized carbons (Fsp3) is 0.0625. The molecular weight excluding hydrogens is 236 g/mol. The maximum absolute atomic E-state index is 10.4. The summed E-state index contributed by atoms with van der Waals surface area (Å²) in [5.41, 5.74) is 2.72. The van der Waals surface area contributed by atoms with Gasteiger partial charge in [0.25, 0.3) is 0 Å². The van der Waals surface area contributed by atoms with E-state index in [0.717, 1.165) is 22.5 Å². The molecule has 0 spiro atoms. The van der Waals surface area contributed by atoms with Crippen LogP contribution in [0.4, 0.5) is 0 Å². The molecule has 2 N–H and O–H groups in total. The summed E-state index contributed by atoms with van der Waals surface area (Å²) in [6.07, 6.45) is 2.89. The van der Waals surface area contributed by atoms with E-state index in [4.69, 9.17) is 0 Å². The number of benzene rings is 2. The Morgan fingerprint density at radius 2 is 1.74 bits per heavy atom. The van der Waals surface area contributed by atoms with E-state index in [1.54, 1.807) is 12.4 Å². The van der Waals surface area contributed by atoms with Crippen molar-refractivity contribution in [2.75, 3.05) is 0 Å². The summed E-state index contributed by atoms with van der Waals surface area (Å²) in [7, 11) is 0. The number of aliphatic hydroxyl groups is 1. The van der Waals surface area contributed by atoms with Crippen LogP contribution in [0, 0.1) is 0 Å². The van der Waals surface area contributed by atoms with Gasteiger partial charge in [0.1, 0.15) is 11.9 Å². The summed E-state index contributed by atoms with van der Waals surface area (Å²) in [6.45, 7) is 0. The second-order valence-electron chi connectivity index (χ2n) is 4.38. The predicted octanol–water partition coefficient (Wildman–Crippen LogP) is 3.16. The third kappa shape index (κ3) is 2.41. The van der Waals surface area contributed by atoms with Crippen LogP contribution >= 0.6 is 0 Å². The highest BCUT2D eigenvalue weighted by Gasteiger charge is 2.11. The standard InChI is InChI=1S/C16H14N2O/c19-15(12-5-2-1-3-6-12)13-7-4-8-14(11-13)16-17-9-10-18-16/h1-11,15,19H,(H,17,18). The molecular formula is C16H14N2O. The van der Waals surface area contributed by atoms with Crippen molar-refractivity contribution in [3.05, 3.63) is 78.1 Å². The van der Waals surface area contributed by atoms with Gasteiger partial charge in [0.15, 0.2) is 0 Å². The number of nitrogens with one attached hydrogen (secondary N) is 1. The third-order valence-corrected chi connectivity index (χ3v) is 3.09. The molecule has 0 radical (unpaired) electrons.